The molecule has 116 valence electrons. The first-order valence-electron chi connectivity index (χ1n) is 6.54. The number of halogens is 2. The van der Waals surface area contributed by atoms with E-state index in [1.165, 1.54) is 12.1 Å². The van der Waals surface area contributed by atoms with Crippen LogP contribution in [0.15, 0.2) is 48.5 Å². The van der Waals surface area contributed by atoms with Crippen LogP contribution in [0, 0.1) is 0 Å². The Hall–Kier alpha value is -2.63. The van der Waals surface area contributed by atoms with Gasteiger partial charge in [0, 0.05) is 5.69 Å². The van der Waals surface area contributed by atoms with Crippen molar-refractivity contribution in [2.75, 3.05) is 12.4 Å². The number of amides is 1. The molecule has 0 bridgehead atoms. The third-order valence-corrected chi connectivity index (χ3v) is 2.89. The number of ether oxygens (including phenoxy) is 2. The van der Waals surface area contributed by atoms with Gasteiger partial charge < -0.3 is 14.8 Å². The minimum absolute atomic E-state index is 0.0642. The topological polar surface area (TPSA) is 47.6 Å². The molecule has 0 unspecified atom stereocenters. The van der Waals surface area contributed by atoms with Crippen LogP contribution < -0.4 is 14.8 Å². The highest BCUT2D eigenvalue weighted by molar-refractivity contribution is 5.92. The summed E-state index contributed by atoms with van der Waals surface area (Å²) in [5.41, 5.74) is 1.36. The molecule has 2 aromatic carbocycles. The zero-order valence-corrected chi connectivity index (χ0v) is 11.9. The third-order valence-electron chi connectivity index (χ3n) is 2.89. The normalized spacial score (nSPS) is 10.4. The number of alkyl halides is 2. The highest BCUT2D eigenvalue weighted by atomic mass is 19.3. The summed E-state index contributed by atoms with van der Waals surface area (Å²) < 4.78 is 33.3. The maximum absolute atomic E-state index is 12.0. The Kier molecular flexibility index (Phi) is 5.30. The maximum Gasteiger partial charge on any atom is 0.387 e. The molecule has 6 heteroatoms. The van der Waals surface area contributed by atoms with Gasteiger partial charge in [0.1, 0.15) is 11.5 Å². The van der Waals surface area contributed by atoms with E-state index in [0.717, 1.165) is 0 Å². The van der Waals surface area contributed by atoms with Gasteiger partial charge in [-0.1, -0.05) is 12.1 Å². The van der Waals surface area contributed by atoms with Crippen molar-refractivity contribution in [2.24, 2.45) is 0 Å². The maximum atomic E-state index is 12.0. The standard InChI is InChI=1S/C16H15F2NO3/c1-21-13-8-4-12(5-9-13)19-15(20)10-11-2-6-14(7-3-11)22-16(17)18/h2-9,16H,10H2,1H3,(H,19,20). The van der Waals surface area contributed by atoms with E-state index < -0.39 is 6.61 Å². The zero-order chi connectivity index (χ0) is 15.9. The Morgan fingerprint density at radius 1 is 1.05 bits per heavy atom. The number of carbonyl (C=O) groups excluding carboxylic acids is 1. The van der Waals surface area contributed by atoms with Gasteiger partial charge in [0.25, 0.3) is 0 Å². The van der Waals surface area contributed by atoms with Gasteiger partial charge in [-0.3, -0.25) is 4.79 Å². The quantitative estimate of drug-likeness (QED) is 0.889. The summed E-state index contributed by atoms with van der Waals surface area (Å²) >= 11 is 0. The molecule has 2 rings (SSSR count). The molecule has 0 aliphatic rings. The van der Waals surface area contributed by atoms with Gasteiger partial charge in [0.2, 0.25) is 5.91 Å². The molecule has 0 heterocycles. The molecule has 0 aliphatic heterocycles. The predicted molar refractivity (Wildman–Crippen MR) is 78.4 cm³/mol. The summed E-state index contributed by atoms with van der Waals surface area (Å²) in [5, 5.41) is 2.74. The molecule has 1 amide bonds. The van der Waals surface area contributed by atoms with E-state index in [1.807, 2.05) is 0 Å². The summed E-state index contributed by atoms with van der Waals surface area (Å²) in [4.78, 5) is 11.9. The number of carbonyl (C=O) groups is 1. The monoisotopic (exact) mass is 307 g/mol. The van der Waals surface area contributed by atoms with Crippen LogP contribution in [-0.2, 0) is 11.2 Å². The van der Waals surface area contributed by atoms with E-state index in [0.29, 0.717) is 17.0 Å². The fourth-order valence-corrected chi connectivity index (χ4v) is 1.85. The first-order valence-corrected chi connectivity index (χ1v) is 6.54. The summed E-state index contributed by atoms with van der Waals surface area (Å²) in [7, 11) is 1.56. The van der Waals surface area contributed by atoms with Crippen LogP contribution in [-0.4, -0.2) is 19.6 Å². The Morgan fingerprint density at radius 2 is 1.64 bits per heavy atom. The van der Waals surface area contributed by atoms with Gasteiger partial charge in [0.15, 0.2) is 0 Å². The lowest BCUT2D eigenvalue weighted by Gasteiger charge is -2.07. The lowest BCUT2D eigenvalue weighted by molar-refractivity contribution is -0.115. The smallest absolute Gasteiger partial charge is 0.387 e. The highest BCUT2D eigenvalue weighted by Gasteiger charge is 2.07. The third kappa shape index (κ3) is 4.73. The molecule has 0 saturated carbocycles. The summed E-state index contributed by atoms with van der Waals surface area (Å²) in [5.74, 6) is 0.564. The van der Waals surface area contributed by atoms with E-state index in [9.17, 15) is 13.6 Å². The second-order valence-corrected chi connectivity index (χ2v) is 4.48. The molecule has 22 heavy (non-hydrogen) atoms. The van der Waals surface area contributed by atoms with Gasteiger partial charge >= 0.3 is 6.61 Å². The number of benzene rings is 2. The molecule has 4 nitrogen and oxygen atoms in total. The molecule has 1 N–H and O–H groups in total. The Labute approximate surface area is 126 Å². The summed E-state index contributed by atoms with van der Waals surface area (Å²) in [6.45, 7) is -2.86. The van der Waals surface area contributed by atoms with Crippen molar-refractivity contribution in [3.05, 3.63) is 54.1 Å². The number of rotatable bonds is 6. The average molecular weight is 307 g/mol. The molecule has 0 saturated heterocycles. The van der Waals surface area contributed by atoms with Gasteiger partial charge in [0.05, 0.1) is 13.5 Å². The molecule has 2 aromatic rings. The van der Waals surface area contributed by atoms with Crippen molar-refractivity contribution >= 4 is 11.6 Å². The van der Waals surface area contributed by atoms with Crippen LogP contribution in [0.4, 0.5) is 14.5 Å². The average Bonchev–Trinajstić information content (AvgIpc) is 2.49. The second-order valence-electron chi connectivity index (χ2n) is 4.48. The van der Waals surface area contributed by atoms with E-state index >= 15 is 0 Å². The van der Waals surface area contributed by atoms with Crippen molar-refractivity contribution in [3.8, 4) is 11.5 Å². The van der Waals surface area contributed by atoms with Crippen LogP contribution in [0.1, 0.15) is 5.56 Å². The van der Waals surface area contributed by atoms with Gasteiger partial charge in [-0.05, 0) is 42.0 Å². The summed E-state index contributed by atoms with van der Waals surface area (Å²) in [6, 6.07) is 12.9. The SMILES string of the molecule is COc1ccc(NC(=O)Cc2ccc(OC(F)F)cc2)cc1. The molecule has 0 aliphatic carbocycles. The Morgan fingerprint density at radius 3 is 2.18 bits per heavy atom. The first-order chi connectivity index (χ1) is 10.6. The van der Waals surface area contributed by atoms with E-state index in [4.69, 9.17) is 4.74 Å². The molecule has 0 radical (unpaired) electrons. The molecular weight excluding hydrogens is 292 g/mol. The van der Waals surface area contributed by atoms with Crippen molar-refractivity contribution < 1.29 is 23.0 Å². The molecule has 0 spiro atoms. The van der Waals surface area contributed by atoms with Crippen molar-refractivity contribution in [1.82, 2.24) is 0 Å². The zero-order valence-electron chi connectivity index (χ0n) is 11.9. The molecule has 0 atom stereocenters. The number of nitrogens with one attached hydrogen (secondary N) is 1. The largest absolute Gasteiger partial charge is 0.497 e. The van der Waals surface area contributed by atoms with Crippen LogP contribution >= 0.6 is 0 Å². The van der Waals surface area contributed by atoms with Gasteiger partial charge in [-0.25, -0.2) is 0 Å². The molecule has 0 aromatic heterocycles. The van der Waals surface area contributed by atoms with Crippen LogP contribution in [0.25, 0.3) is 0 Å². The van der Waals surface area contributed by atoms with E-state index in [1.54, 1.807) is 43.5 Å². The summed E-state index contributed by atoms with van der Waals surface area (Å²) in [6.07, 6.45) is 0.140. The molecular formula is C16H15F2NO3. The number of hydrogen-bond acceptors (Lipinski definition) is 3. The minimum Gasteiger partial charge on any atom is -0.497 e. The van der Waals surface area contributed by atoms with Crippen LogP contribution in [0.3, 0.4) is 0 Å². The highest BCUT2D eigenvalue weighted by Crippen LogP contribution is 2.17. The lowest BCUT2D eigenvalue weighted by Crippen LogP contribution is -2.14. The Balaban J connectivity index is 1.90. The van der Waals surface area contributed by atoms with Crippen molar-refractivity contribution in [1.29, 1.82) is 0 Å². The van der Waals surface area contributed by atoms with Gasteiger partial charge in [-0.2, -0.15) is 8.78 Å². The van der Waals surface area contributed by atoms with E-state index in [-0.39, 0.29) is 18.1 Å². The number of methoxy groups -OCH3 is 1. The fraction of sp³-hybridized carbons (Fsp3) is 0.188. The number of anilines is 1. The lowest BCUT2D eigenvalue weighted by atomic mass is 10.1. The predicted octanol–water partition coefficient (Wildman–Crippen LogP) is 3.48. The second kappa shape index (κ2) is 7.40. The molecule has 0 fully saturated rings. The minimum atomic E-state index is -2.86. The fourth-order valence-electron chi connectivity index (χ4n) is 1.85. The van der Waals surface area contributed by atoms with E-state index in [2.05, 4.69) is 10.1 Å². The van der Waals surface area contributed by atoms with Crippen LogP contribution in [0.2, 0.25) is 0 Å². The Bertz CT molecular complexity index is 612. The van der Waals surface area contributed by atoms with Crippen LogP contribution in [0.5, 0.6) is 11.5 Å². The number of hydrogen-bond donors (Lipinski definition) is 1. The van der Waals surface area contributed by atoms with Crippen molar-refractivity contribution in [3.63, 3.8) is 0 Å². The van der Waals surface area contributed by atoms with Gasteiger partial charge in [-0.15, -0.1) is 0 Å². The first kappa shape index (κ1) is 15.8. The van der Waals surface area contributed by atoms with Crippen molar-refractivity contribution in [2.45, 2.75) is 13.0 Å².